The predicted molar refractivity (Wildman–Crippen MR) is 74.1 cm³/mol. The van der Waals surface area contributed by atoms with Gasteiger partial charge >= 0.3 is 5.69 Å². The van der Waals surface area contributed by atoms with Crippen LogP contribution in [-0.2, 0) is 0 Å². The van der Waals surface area contributed by atoms with Crippen LogP contribution in [-0.4, -0.2) is 15.8 Å². The highest BCUT2D eigenvalue weighted by Gasteiger charge is 2.16. The molecular weight excluding hydrogens is 297 g/mol. The summed E-state index contributed by atoms with van der Waals surface area (Å²) in [7, 11) is 0. The molecule has 0 fully saturated rings. The standard InChI is InChI=1S/C13H8FN3O5/c14-11-5-4-9(7-12(11)17(21)22)15-13(18)8-2-1-3-10(6-8)16(19)20/h1-7H,(H,15,18). The van der Waals surface area contributed by atoms with Gasteiger partial charge in [0.15, 0.2) is 0 Å². The highest BCUT2D eigenvalue weighted by atomic mass is 19.1. The first-order valence-corrected chi connectivity index (χ1v) is 5.88. The predicted octanol–water partition coefficient (Wildman–Crippen LogP) is 2.89. The van der Waals surface area contributed by atoms with Crippen molar-refractivity contribution in [1.29, 1.82) is 0 Å². The van der Waals surface area contributed by atoms with Gasteiger partial charge in [0.05, 0.1) is 9.85 Å². The van der Waals surface area contributed by atoms with Crippen LogP contribution in [0.4, 0.5) is 21.5 Å². The number of halogens is 1. The minimum Gasteiger partial charge on any atom is -0.322 e. The van der Waals surface area contributed by atoms with Crippen molar-refractivity contribution in [3.8, 4) is 0 Å². The lowest BCUT2D eigenvalue weighted by atomic mass is 10.2. The second kappa shape index (κ2) is 5.95. The number of nitro groups is 2. The van der Waals surface area contributed by atoms with Gasteiger partial charge in [-0.15, -0.1) is 0 Å². The van der Waals surface area contributed by atoms with Gasteiger partial charge in [-0.3, -0.25) is 25.0 Å². The monoisotopic (exact) mass is 305 g/mol. The molecule has 0 unspecified atom stereocenters. The van der Waals surface area contributed by atoms with Gasteiger partial charge in [0, 0.05) is 29.4 Å². The Hall–Kier alpha value is -3.36. The second-order valence-electron chi connectivity index (χ2n) is 4.18. The first-order chi connectivity index (χ1) is 10.4. The fourth-order valence-corrected chi connectivity index (χ4v) is 1.69. The molecule has 0 aromatic heterocycles. The molecule has 112 valence electrons. The fourth-order valence-electron chi connectivity index (χ4n) is 1.69. The summed E-state index contributed by atoms with van der Waals surface area (Å²) in [6.45, 7) is 0. The van der Waals surface area contributed by atoms with Crippen molar-refractivity contribution in [2.24, 2.45) is 0 Å². The molecule has 9 heteroatoms. The highest BCUT2D eigenvalue weighted by Crippen LogP contribution is 2.22. The summed E-state index contributed by atoms with van der Waals surface area (Å²) in [6.07, 6.45) is 0. The number of hydrogen-bond donors (Lipinski definition) is 1. The molecule has 8 nitrogen and oxygen atoms in total. The number of amides is 1. The van der Waals surface area contributed by atoms with Gasteiger partial charge in [0.25, 0.3) is 11.6 Å². The number of rotatable bonds is 4. The van der Waals surface area contributed by atoms with Crippen LogP contribution < -0.4 is 5.32 Å². The minimum atomic E-state index is -1.03. The summed E-state index contributed by atoms with van der Waals surface area (Å²) in [6, 6.07) is 7.83. The Balaban J connectivity index is 2.26. The first-order valence-electron chi connectivity index (χ1n) is 5.88. The van der Waals surface area contributed by atoms with Crippen molar-refractivity contribution in [2.45, 2.75) is 0 Å². The summed E-state index contributed by atoms with van der Waals surface area (Å²) in [5.41, 5.74) is -1.04. The zero-order chi connectivity index (χ0) is 16.3. The number of non-ortho nitro benzene ring substituents is 1. The number of nitrogens with one attached hydrogen (secondary N) is 1. The lowest BCUT2D eigenvalue weighted by molar-refractivity contribution is -0.387. The molecule has 1 amide bonds. The normalized spacial score (nSPS) is 10.0. The maximum atomic E-state index is 13.2. The van der Waals surface area contributed by atoms with Crippen LogP contribution in [0.15, 0.2) is 42.5 Å². The first kappa shape index (κ1) is 15.0. The number of carbonyl (C=O) groups is 1. The van der Waals surface area contributed by atoms with Crippen LogP contribution in [0.5, 0.6) is 0 Å². The largest absolute Gasteiger partial charge is 0.322 e. The van der Waals surface area contributed by atoms with Crippen molar-refractivity contribution >= 4 is 23.0 Å². The van der Waals surface area contributed by atoms with Crippen LogP contribution >= 0.6 is 0 Å². The Bertz CT molecular complexity index is 778. The number of benzene rings is 2. The van der Waals surface area contributed by atoms with Crippen LogP contribution in [0.2, 0.25) is 0 Å². The Morgan fingerprint density at radius 2 is 1.77 bits per heavy atom. The van der Waals surface area contributed by atoms with E-state index in [1.54, 1.807) is 0 Å². The molecule has 2 aromatic rings. The Morgan fingerprint density at radius 3 is 2.41 bits per heavy atom. The topological polar surface area (TPSA) is 115 Å². The Labute approximate surface area is 122 Å². The summed E-state index contributed by atoms with van der Waals surface area (Å²) >= 11 is 0. The number of nitro benzene ring substituents is 2. The van der Waals surface area contributed by atoms with Crippen molar-refractivity contribution in [2.75, 3.05) is 5.32 Å². The van der Waals surface area contributed by atoms with E-state index in [2.05, 4.69) is 5.32 Å². The molecule has 0 aliphatic carbocycles. The van der Waals surface area contributed by atoms with Crippen LogP contribution in [0.1, 0.15) is 10.4 Å². The van der Waals surface area contributed by atoms with E-state index in [4.69, 9.17) is 0 Å². The van der Waals surface area contributed by atoms with E-state index in [-0.39, 0.29) is 16.9 Å². The number of carbonyl (C=O) groups excluding carboxylic acids is 1. The van der Waals surface area contributed by atoms with E-state index in [9.17, 15) is 29.4 Å². The van der Waals surface area contributed by atoms with Gasteiger partial charge in [0.2, 0.25) is 5.82 Å². The molecule has 2 rings (SSSR count). The highest BCUT2D eigenvalue weighted by molar-refractivity contribution is 6.04. The van der Waals surface area contributed by atoms with Crippen LogP contribution in [0.25, 0.3) is 0 Å². The molecular formula is C13H8FN3O5. The van der Waals surface area contributed by atoms with E-state index in [0.717, 1.165) is 24.3 Å². The molecule has 2 aromatic carbocycles. The molecule has 22 heavy (non-hydrogen) atoms. The van der Waals surface area contributed by atoms with E-state index < -0.39 is 27.3 Å². The van der Waals surface area contributed by atoms with Gasteiger partial charge in [-0.2, -0.15) is 4.39 Å². The summed E-state index contributed by atoms with van der Waals surface area (Å²) in [5.74, 6) is -1.73. The zero-order valence-electron chi connectivity index (χ0n) is 10.9. The van der Waals surface area contributed by atoms with Crippen molar-refractivity contribution in [1.82, 2.24) is 0 Å². The van der Waals surface area contributed by atoms with Gasteiger partial charge < -0.3 is 5.32 Å². The second-order valence-corrected chi connectivity index (χ2v) is 4.18. The molecule has 0 aliphatic heterocycles. The zero-order valence-corrected chi connectivity index (χ0v) is 10.9. The number of hydrogen-bond acceptors (Lipinski definition) is 5. The molecule has 0 heterocycles. The third kappa shape index (κ3) is 3.20. The molecule has 1 N–H and O–H groups in total. The molecule has 0 spiro atoms. The van der Waals surface area contributed by atoms with Crippen molar-refractivity contribution in [3.05, 3.63) is 74.1 Å². The quantitative estimate of drug-likeness (QED) is 0.688. The van der Waals surface area contributed by atoms with E-state index in [1.165, 1.54) is 18.2 Å². The average molecular weight is 305 g/mol. The minimum absolute atomic E-state index is 0.00109. The molecule has 0 atom stereocenters. The van der Waals surface area contributed by atoms with E-state index in [0.29, 0.717) is 0 Å². The lowest BCUT2D eigenvalue weighted by Crippen LogP contribution is -2.12. The molecule has 0 aliphatic rings. The Morgan fingerprint density at radius 1 is 1.05 bits per heavy atom. The van der Waals surface area contributed by atoms with Gasteiger partial charge in [-0.1, -0.05) is 6.07 Å². The summed E-state index contributed by atoms with van der Waals surface area (Å²) < 4.78 is 13.2. The molecule has 0 radical (unpaired) electrons. The van der Waals surface area contributed by atoms with Crippen molar-refractivity contribution in [3.63, 3.8) is 0 Å². The lowest BCUT2D eigenvalue weighted by Gasteiger charge is -2.05. The Kier molecular flexibility index (Phi) is 4.07. The van der Waals surface area contributed by atoms with Gasteiger partial charge in [0.1, 0.15) is 0 Å². The SMILES string of the molecule is O=C(Nc1ccc(F)c([N+](=O)[O-])c1)c1cccc([N+](=O)[O-])c1. The third-order valence-corrected chi connectivity index (χ3v) is 2.72. The third-order valence-electron chi connectivity index (χ3n) is 2.72. The van der Waals surface area contributed by atoms with Gasteiger partial charge in [-0.05, 0) is 18.2 Å². The average Bonchev–Trinajstić information content (AvgIpc) is 2.49. The summed E-state index contributed by atoms with van der Waals surface area (Å²) in [5, 5.41) is 23.6. The smallest absolute Gasteiger partial charge is 0.306 e. The molecule has 0 saturated carbocycles. The van der Waals surface area contributed by atoms with Crippen LogP contribution in [0, 0.1) is 26.0 Å². The number of anilines is 1. The maximum absolute atomic E-state index is 13.2. The van der Waals surface area contributed by atoms with E-state index in [1.807, 2.05) is 0 Å². The fraction of sp³-hybridized carbons (Fsp3) is 0. The van der Waals surface area contributed by atoms with E-state index >= 15 is 0 Å². The van der Waals surface area contributed by atoms with Gasteiger partial charge in [-0.25, -0.2) is 0 Å². The summed E-state index contributed by atoms with van der Waals surface area (Å²) in [4.78, 5) is 31.7. The molecule has 0 bridgehead atoms. The van der Waals surface area contributed by atoms with Crippen molar-refractivity contribution < 1.29 is 19.0 Å². The maximum Gasteiger partial charge on any atom is 0.306 e. The number of nitrogens with zero attached hydrogens (tertiary/aromatic N) is 2. The molecule has 0 saturated heterocycles. The van der Waals surface area contributed by atoms with Crippen LogP contribution in [0.3, 0.4) is 0 Å².